The molecule has 0 spiro atoms. The van der Waals surface area contributed by atoms with Crippen LogP contribution in [0.15, 0.2) is 97.6 Å². The fraction of sp³-hybridized carbons (Fsp3) is 0.340. The first-order chi connectivity index (χ1) is 30.3. The van der Waals surface area contributed by atoms with Gasteiger partial charge in [0.1, 0.15) is 18.1 Å². The summed E-state index contributed by atoms with van der Waals surface area (Å²) in [6, 6.07) is 20.8. The Hall–Kier alpha value is -7.23. The number of nitrogens with zero attached hydrogens (tertiary/aromatic N) is 1. The van der Waals surface area contributed by atoms with Crippen LogP contribution in [0.5, 0.6) is 17.2 Å². The van der Waals surface area contributed by atoms with E-state index in [4.69, 9.17) is 34.5 Å². The van der Waals surface area contributed by atoms with Crippen molar-refractivity contribution >= 4 is 41.2 Å². The third-order valence-electron chi connectivity index (χ3n) is 9.24. The number of anilines is 1. The number of hydrogen-bond donors (Lipinski definition) is 3. The summed E-state index contributed by atoms with van der Waals surface area (Å²) in [6.07, 6.45) is 12.6. The molecule has 0 fully saturated rings. The molecule has 0 radical (unpaired) electrons. The van der Waals surface area contributed by atoms with Gasteiger partial charge in [0.25, 0.3) is 0 Å². The van der Waals surface area contributed by atoms with Crippen LogP contribution in [-0.2, 0) is 20.9 Å². The fourth-order valence-corrected chi connectivity index (χ4v) is 5.83. The molecular weight excluding hydrogens is 817 g/mol. The Bertz CT molecular complexity index is 2140. The second-order valence-electron chi connectivity index (χ2n) is 14.1. The van der Waals surface area contributed by atoms with Crippen molar-refractivity contribution in [2.75, 3.05) is 25.6 Å². The van der Waals surface area contributed by atoms with E-state index in [0.29, 0.717) is 12.2 Å². The molecule has 0 aliphatic carbocycles. The molecule has 0 saturated carbocycles. The van der Waals surface area contributed by atoms with Crippen LogP contribution in [0.3, 0.4) is 0 Å². The number of nitro groups is 1. The zero-order valence-corrected chi connectivity index (χ0v) is 35.3. The van der Waals surface area contributed by atoms with Crippen molar-refractivity contribution in [3.8, 4) is 17.2 Å². The average Bonchev–Trinajstić information content (AvgIpc) is 3.27. The molecule has 4 rings (SSSR count). The second kappa shape index (κ2) is 27.6. The standard InChI is InChI=1S/C31H32N2O11.C16H22O3/c1-2-3-4-5-6-7-14-42-27-17-25(32)24(16-26(27)33(40)41)31(39)44-21-11-8-19(9-12-21)18-43-30(38)23-15-20(28(34)35)10-13-22(23)29(36)37;1-2-16(17)19-14-10-5-3-4-9-13-18-15-11-7-6-8-12-15/h8-13,15-17H,2-7,14,18,32H2,1H3,(H,34,35)(H,36,37);2,6-8,11-12H,1,3-5,9-10,13-14H2. The Morgan fingerprint density at radius 1 is 0.667 bits per heavy atom. The summed E-state index contributed by atoms with van der Waals surface area (Å²) in [6.45, 7) is 6.69. The van der Waals surface area contributed by atoms with E-state index in [1.807, 2.05) is 30.3 Å². The Morgan fingerprint density at radius 3 is 1.89 bits per heavy atom. The monoisotopic (exact) mass is 870 g/mol. The molecule has 0 saturated heterocycles. The van der Waals surface area contributed by atoms with Crippen LogP contribution in [0, 0.1) is 10.1 Å². The molecule has 0 unspecified atom stereocenters. The number of esters is 3. The van der Waals surface area contributed by atoms with Crippen molar-refractivity contribution in [2.45, 2.75) is 84.2 Å². The first kappa shape index (κ1) is 50.1. The smallest absolute Gasteiger partial charge is 0.345 e. The predicted molar refractivity (Wildman–Crippen MR) is 233 cm³/mol. The molecule has 0 amide bonds. The van der Waals surface area contributed by atoms with Gasteiger partial charge in [0.05, 0.1) is 52.7 Å². The van der Waals surface area contributed by atoms with E-state index in [1.54, 1.807) is 0 Å². The van der Waals surface area contributed by atoms with Crippen LogP contribution in [0.1, 0.15) is 125 Å². The molecule has 16 heteroatoms. The van der Waals surface area contributed by atoms with Gasteiger partial charge in [-0.2, -0.15) is 0 Å². The van der Waals surface area contributed by atoms with Crippen molar-refractivity contribution in [1.82, 2.24) is 0 Å². The van der Waals surface area contributed by atoms with Gasteiger partial charge in [0, 0.05) is 18.2 Å². The van der Waals surface area contributed by atoms with Gasteiger partial charge in [0.15, 0.2) is 5.75 Å². The lowest BCUT2D eigenvalue weighted by molar-refractivity contribution is -0.385. The zero-order valence-electron chi connectivity index (χ0n) is 35.3. The molecule has 336 valence electrons. The SMILES string of the molecule is C=CC(=O)OCCCCCCCOc1ccccc1.CCCCCCCCOc1cc(N)c(C(=O)Oc2ccc(COC(=O)c3cc(C(=O)O)ccc3C(=O)O)cc2)cc1[N+](=O)[O-]. The number of nitro benzene ring substituents is 1. The molecule has 0 aliphatic heterocycles. The fourth-order valence-electron chi connectivity index (χ4n) is 5.83. The number of aromatic carboxylic acids is 2. The second-order valence-corrected chi connectivity index (χ2v) is 14.1. The molecule has 0 atom stereocenters. The minimum atomic E-state index is -1.43. The maximum Gasteiger partial charge on any atom is 0.345 e. The van der Waals surface area contributed by atoms with Crippen LogP contribution in [0.4, 0.5) is 11.4 Å². The van der Waals surface area contributed by atoms with Crippen molar-refractivity contribution in [1.29, 1.82) is 0 Å². The lowest BCUT2D eigenvalue weighted by Crippen LogP contribution is -2.14. The molecular formula is C47H54N2O14. The van der Waals surface area contributed by atoms with Crippen LogP contribution in [-0.4, -0.2) is 64.8 Å². The summed E-state index contributed by atoms with van der Waals surface area (Å²) < 4.78 is 26.6. The van der Waals surface area contributed by atoms with Gasteiger partial charge in [-0.3, -0.25) is 10.1 Å². The number of carboxylic acid groups (broad SMARTS) is 2. The van der Waals surface area contributed by atoms with Gasteiger partial charge in [-0.15, -0.1) is 0 Å². The Balaban J connectivity index is 0.000000464. The van der Waals surface area contributed by atoms with Crippen LogP contribution in [0.2, 0.25) is 0 Å². The summed E-state index contributed by atoms with van der Waals surface area (Å²) in [7, 11) is 0. The minimum Gasteiger partial charge on any atom is -0.494 e. The molecule has 4 N–H and O–H groups in total. The van der Waals surface area contributed by atoms with Gasteiger partial charge in [-0.05, 0) is 67.3 Å². The van der Waals surface area contributed by atoms with E-state index in [0.717, 1.165) is 107 Å². The van der Waals surface area contributed by atoms with E-state index in [1.165, 1.54) is 36.4 Å². The molecule has 4 aromatic carbocycles. The number of ether oxygens (including phenoxy) is 5. The Kier molecular flexibility index (Phi) is 21.9. The normalized spacial score (nSPS) is 10.4. The van der Waals surface area contributed by atoms with Crippen LogP contribution in [0.25, 0.3) is 0 Å². The molecule has 0 heterocycles. The number of nitrogen functional groups attached to an aromatic ring is 1. The first-order valence-corrected chi connectivity index (χ1v) is 20.6. The molecule has 0 aromatic heterocycles. The van der Waals surface area contributed by atoms with Crippen molar-refractivity contribution in [3.63, 3.8) is 0 Å². The molecule has 16 nitrogen and oxygen atoms in total. The van der Waals surface area contributed by atoms with E-state index in [-0.39, 0.29) is 47.5 Å². The number of rotatable bonds is 26. The Morgan fingerprint density at radius 2 is 1.29 bits per heavy atom. The quantitative estimate of drug-likeness (QED) is 0.0101. The van der Waals surface area contributed by atoms with Gasteiger partial charge in [-0.1, -0.05) is 95.2 Å². The number of nitrogens with two attached hydrogens (primary N) is 1. The molecule has 0 bridgehead atoms. The van der Waals surface area contributed by atoms with E-state index in [2.05, 4.69) is 13.5 Å². The van der Waals surface area contributed by atoms with E-state index >= 15 is 0 Å². The van der Waals surface area contributed by atoms with Crippen molar-refractivity contribution in [3.05, 3.63) is 136 Å². The minimum absolute atomic E-state index is 0.0401. The largest absolute Gasteiger partial charge is 0.494 e. The average molecular weight is 871 g/mol. The summed E-state index contributed by atoms with van der Waals surface area (Å²) in [5.41, 5.74) is 4.61. The predicted octanol–water partition coefficient (Wildman–Crippen LogP) is 9.63. The maximum absolute atomic E-state index is 12.8. The first-order valence-electron chi connectivity index (χ1n) is 20.6. The lowest BCUT2D eigenvalue weighted by Gasteiger charge is -2.11. The van der Waals surface area contributed by atoms with Crippen LogP contribution < -0.4 is 19.9 Å². The van der Waals surface area contributed by atoms with Crippen molar-refractivity contribution < 1.29 is 62.8 Å². The van der Waals surface area contributed by atoms with Gasteiger partial charge in [0.2, 0.25) is 0 Å². The molecule has 4 aromatic rings. The highest BCUT2D eigenvalue weighted by Gasteiger charge is 2.24. The highest BCUT2D eigenvalue weighted by molar-refractivity contribution is 6.04. The van der Waals surface area contributed by atoms with E-state index < -0.39 is 45.6 Å². The number of para-hydroxylation sites is 1. The molecule has 0 aliphatic rings. The third-order valence-corrected chi connectivity index (χ3v) is 9.24. The molecule has 63 heavy (non-hydrogen) atoms. The zero-order chi connectivity index (χ0) is 46.0. The van der Waals surface area contributed by atoms with Gasteiger partial charge in [-0.25, -0.2) is 24.0 Å². The Labute approximate surface area is 365 Å². The van der Waals surface area contributed by atoms with Gasteiger partial charge < -0.3 is 39.6 Å². The number of carbonyl (C=O) groups excluding carboxylic acids is 3. The van der Waals surface area contributed by atoms with Crippen molar-refractivity contribution in [2.24, 2.45) is 0 Å². The summed E-state index contributed by atoms with van der Waals surface area (Å²) >= 11 is 0. The number of hydrogen-bond acceptors (Lipinski definition) is 13. The third kappa shape index (κ3) is 18.1. The van der Waals surface area contributed by atoms with Gasteiger partial charge >= 0.3 is 35.5 Å². The highest BCUT2D eigenvalue weighted by atomic mass is 16.6. The lowest BCUT2D eigenvalue weighted by atomic mass is 10.0. The van der Waals surface area contributed by atoms with E-state index in [9.17, 15) is 39.2 Å². The maximum atomic E-state index is 12.8. The number of unbranched alkanes of at least 4 members (excludes halogenated alkanes) is 9. The summed E-state index contributed by atoms with van der Waals surface area (Å²) in [4.78, 5) is 69.7. The topological polar surface area (TPSA) is 241 Å². The summed E-state index contributed by atoms with van der Waals surface area (Å²) in [5, 5.41) is 30.1. The number of carbonyl (C=O) groups is 5. The number of benzene rings is 4. The summed E-state index contributed by atoms with van der Waals surface area (Å²) in [5.74, 6) is -4.13. The highest BCUT2D eigenvalue weighted by Crippen LogP contribution is 2.33. The number of carboxylic acids is 2. The van der Waals surface area contributed by atoms with Crippen LogP contribution >= 0.6 is 0 Å².